The van der Waals surface area contributed by atoms with Crippen molar-refractivity contribution < 1.29 is 53.5 Å². The Kier molecular flexibility index (Phi) is 9.15. The molecule has 0 saturated carbocycles. The Labute approximate surface area is 138 Å². The lowest BCUT2D eigenvalue weighted by atomic mass is 10.1. The molecule has 0 aromatic heterocycles. The normalized spacial score (nSPS) is 28.9. The second kappa shape index (κ2) is 9.13. The summed E-state index contributed by atoms with van der Waals surface area (Å²) in [6.07, 6.45) is -0.508. The lowest BCUT2D eigenvalue weighted by Gasteiger charge is -2.20. The van der Waals surface area contributed by atoms with Crippen LogP contribution < -0.4 is 5.73 Å². The number of epoxide rings is 2. The van der Waals surface area contributed by atoms with Gasteiger partial charge in [-0.15, -0.1) is 0 Å². The monoisotopic (exact) mass is 397 g/mol. The van der Waals surface area contributed by atoms with E-state index in [0.29, 0.717) is 0 Å². The molecule has 146 valence electrons. The molecule has 0 spiro atoms. The molecular weight excluding hydrogens is 372 g/mol. The summed E-state index contributed by atoms with van der Waals surface area (Å²) in [5.41, 5.74) is 3.94. The van der Waals surface area contributed by atoms with Crippen LogP contribution in [0.3, 0.4) is 0 Å². The summed E-state index contributed by atoms with van der Waals surface area (Å²) in [5.74, 6) is -1.63. The van der Waals surface area contributed by atoms with E-state index in [0.717, 1.165) is 0 Å². The standard InChI is InChI=1S/C4H11NO3.2C3H7O4P/c5-4(1-6,2-7)3-8;2*1-2-3(7-2)8(4,5)6/h6-8H,1-3,5H2;2*2-3H,1H3,(H2,4,5,6)/t;2*2-,3+/m.00/s1. The highest BCUT2D eigenvalue weighted by atomic mass is 31.2. The molecule has 0 aromatic carbocycles. The van der Waals surface area contributed by atoms with Crippen LogP contribution in [0.5, 0.6) is 0 Å². The van der Waals surface area contributed by atoms with Gasteiger partial charge in [-0.05, 0) is 13.8 Å². The maximum Gasteiger partial charge on any atom is 0.356 e. The Balaban J connectivity index is 0.000000331. The van der Waals surface area contributed by atoms with Crippen molar-refractivity contribution in [3.8, 4) is 0 Å². The molecule has 14 heteroatoms. The van der Waals surface area contributed by atoms with Gasteiger partial charge >= 0.3 is 15.2 Å². The van der Waals surface area contributed by atoms with Crippen molar-refractivity contribution >= 4 is 15.2 Å². The van der Waals surface area contributed by atoms with Gasteiger partial charge in [-0.1, -0.05) is 0 Å². The fraction of sp³-hybridized carbons (Fsp3) is 1.00. The molecular formula is C10H25NO11P2. The lowest BCUT2D eigenvalue weighted by Crippen LogP contribution is -2.50. The number of aliphatic hydroxyl groups is 3. The van der Waals surface area contributed by atoms with Crippen LogP contribution in [0.4, 0.5) is 0 Å². The molecule has 2 aliphatic rings. The van der Waals surface area contributed by atoms with Crippen LogP contribution in [-0.2, 0) is 18.6 Å². The van der Waals surface area contributed by atoms with E-state index in [1.807, 2.05) is 0 Å². The van der Waals surface area contributed by atoms with E-state index in [1.165, 1.54) is 0 Å². The summed E-state index contributed by atoms with van der Waals surface area (Å²) in [6, 6.07) is 0. The molecule has 2 saturated heterocycles. The molecule has 9 N–H and O–H groups in total. The Morgan fingerprint density at radius 1 is 0.833 bits per heavy atom. The maximum absolute atomic E-state index is 10.2. The summed E-state index contributed by atoms with van der Waals surface area (Å²) in [4.78, 5) is 33.3. The fourth-order valence-electron chi connectivity index (χ4n) is 1.20. The summed E-state index contributed by atoms with van der Waals surface area (Å²) >= 11 is 0. The fourth-order valence-corrected chi connectivity index (χ4v) is 3.00. The van der Waals surface area contributed by atoms with Crippen molar-refractivity contribution in [3.63, 3.8) is 0 Å². The summed E-state index contributed by atoms with van der Waals surface area (Å²) < 4.78 is 29.4. The van der Waals surface area contributed by atoms with Crippen molar-refractivity contribution in [3.05, 3.63) is 0 Å². The zero-order chi connectivity index (χ0) is 19.3. The number of ether oxygens (including phenoxy) is 2. The third-order valence-electron chi connectivity index (χ3n) is 2.97. The van der Waals surface area contributed by atoms with Crippen molar-refractivity contribution in [1.29, 1.82) is 0 Å². The molecule has 0 unspecified atom stereocenters. The zero-order valence-corrected chi connectivity index (χ0v) is 15.0. The first-order chi connectivity index (χ1) is 10.7. The van der Waals surface area contributed by atoms with E-state index >= 15 is 0 Å². The van der Waals surface area contributed by atoms with Gasteiger partial charge in [-0.25, -0.2) is 0 Å². The van der Waals surface area contributed by atoms with Gasteiger partial charge < -0.3 is 50.1 Å². The number of aliphatic hydroxyl groups excluding tert-OH is 3. The Hall–Kier alpha value is 0.0600. The van der Waals surface area contributed by atoms with Crippen molar-refractivity contribution in [2.45, 2.75) is 43.3 Å². The zero-order valence-electron chi connectivity index (χ0n) is 13.2. The maximum atomic E-state index is 10.2. The van der Waals surface area contributed by atoms with Crippen molar-refractivity contribution in [2.75, 3.05) is 19.8 Å². The minimum atomic E-state index is -3.90. The van der Waals surface area contributed by atoms with Crippen LogP contribution in [0.2, 0.25) is 0 Å². The van der Waals surface area contributed by atoms with E-state index in [1.54, 1.807) is 13.8 Å². The molecule has 12 nitrogen and oxygen atoms in total. The first kappa shape index (κ1) is 24.1. The molecule has 2 heterocycles. The molecule has 2 aliphatic heterocycles. The van der Waals surface area contributed by atoms with Gasteiger partial charge in [0.05, 0.1) is 37.6 Å². The van der Waals surface area contributed by atoms with Gasteiger partial charge in [-0.2, -0.15) is 0 Å². The minimum Gasteiger partial charge on any atom is -0.394 e. The van der Waals surface area contributed by atoms with Crippen LogP contribution in [-0.4, -0.2) is 84.2 Å². The smallest absolute Gasteiger partial charge is 0.356 e. The molecule has 0 radical (unpaired) electrons. The van der Waals surface area contributed by atoms with Gasteiger partial charge in [0.2, 0.25) is 0 Å². The topological polar surface area (TPSA) is 227 Å². The van der Waals surface area contributed by atoms with E-state index < -0.39 is 52.2 Å². The molecule has 24 heavy (non-hydrogen) atoms. The predicted molar refractivity (Wildman–Crippen MR) is 80.9 cm³/mol. The highest BCUT2D eigenvalue weighted by Gasteiger charge is 2.49. The van der Waals surface area contributed by atoms with Gasteiger partial charge in [0, 0.05) is 0 Å². The van der Waals surface area contributed by atoms with E-state index in [2.05, 4.69) is 9.47 Å². The average Bonchev–Trinajstić information content (AvgIpc) is 3.36. The minimum absolute atomic E-state index is 0.254. The van der Waals surface area contributed by atoms with Crippen LogP contribution in [0.15, 0.2) is 0 Å². The molecule has 0 bridgehead atoms. The summed E-state index contributed by atoms with van der Waals surface area (Å²) in [5, 5.41) is 25.0. The lowest BCUT2D eigenvalue weighted by molar-refractivity contribution is 0.0697. The average molecular weight is 397 g/mol. The van der Waals surface area contributed by atoms with E-state index in [9.17, 15) is 9.13 Å². The Bertz CT molecular complexity index is 431. The molecule has 2 fully saturated rings. The van der Waals surface area contributed by atoms with Crippen LogP contribution >= 0.6 is 15.2 Å². The molecule has 4 atom stereocenters. The highest BCUT2D eigenvalue weighted by molar-refractivity contribution is 7.53. The Morgan fingerprint density at radius 2 is 1.04 bits per heavy atom. The second-order valence-corrected chi connectivity index (χ2v) is 8.85. The first-order valence-electron chi connectivity index (χ1n) is 6.74. The number of hydrogen-bond acceptors (Lipinski definition) is 8. The van der Waals surface area contributed by atoms with Gasteiger partial charge in [-0.3, -0.25) is 9.13 Å². The third-order valence-corrected chi connectivity index (χ3v) is 5.37. The van der Waals surface area contributed by atoms with E-state index in [4.69, 9.17) is 40.6 Å². The largest absolute Gasteiger partial charge is 0.394 e. The summed E-state index contributed by atoms with van der Waals surface area (Å²) in [6.45, 7) is 2.05. The highest BCUT2D eigenvalue weighted by Crippen LogP contribution is 2.53. The number of rotatable bonds is 5. The second-order valence-electron chi connectivity index (χ2n) is 5.48. The third kappa shape index (κ3) is 8.95. The predicted octanol–water partition coefficient (Wildman–Crippen LogP) is -2.52. The molecule has 0 aliphatic carbocycles. The van der Waals surface area contributed by atoms with Crippen LogP contribution in [0, 0.1) is 0 Å². The van der Waals surface area contributed by atoms with Crippen molar-refractivity contribution in [2.24, 2.45) is 5.73 Å². The van der Waals surface area contributed by atoms with Crippen LogP contribution in [0.1, 0.15) is 13.8 Å². The van der Waals surface area contributed by atoms with Gasteiger partial charge in [0.15, 0.2) is 11.7 Å². The van der Waals surface area contributed by atoms with Crippen LogP contribution in [0.25, 0.3) is 0 Å². The van der Waals surface area contributed by atoms with Crippen molar-refractivity contribution in [1.82, 2.24) is 0 Å². The van der Waals surface area contributed by atoms with Gasteiger partial charge in [0.25, 0.3) is 0 Å². The Morgan fingerprint density at radius 3 is 1.04 bits per heavy atom. The van der Waals surface area contributed by atoms with E-state index in [-0.39, 0.29) is 12.2 Å². The summed E-state index contributed by atoms with van der Waals surface area (Å²) in [7, 11) is -7.81. The number of hydrogen-bond donors (Lipinski definition) is 8. The molecule has 0 amide bonds. The van der Waals surface area contributed by atoms with Gasteiger partial charge in [0.1, 0.15) is 0 Å². The SMILES string of the molecule is C[C@@H]1O[C@@H]1P(=O)(O)O.C[C@@H]1O[C@@H]1P(=O)(O)O.NC(CO)(CO)CO. The number of nitrogens with two attached hydrogens (primary N) is 1. The molecule has 2 rings (SSSR count). The first-order valence-corrected chi connectivity index (χ1v) is 10.1. The quantitative estimate of drug-likeness (QED) is 0.178. The molecule has 0 aromatic rings.